The molecule has 0 aliphatic carbocycles. The number of hydrogen-bond donors (Lipinski definition) is 0. The Labute approximate surface area is 140 Å². The molecule has 0 spiro atoms. The Morgan fingerprint density at radius 3 is 2.74 bits per heavy atom. The van der Waals surface area contributed by atoms with Crippen molar-refractivity contribution in [1.29, 1.82) is 0 Å². The van der Waals surface area contributed by atoms with Gasteiger partial charge in [-0.1, -0.05) is 23.7 Å². The molecule has 1 aliphatic rings. The van der Waals surface area contributed by atoms with E-state index in [0.29, 0.717) is 28.6 Å². The number of ether oxygens (including phenoxy) is 2. The average Bonchev–Trinajstić information content (AvgIpc) is 3.00. The maximum Gasteiger partial charge on any atom is 0.258 e. The number of nitrogens with zero attached hydrogens (tertiary/aromatic N) is 1. The molecule has 2 aromatic rings. The first-order valence-electron chi connectivity index (χ1n) is 7.49. The van der Waals surface area contributed by atoms with Crippen LogP contribution < -0.4 is 14.4 Å². The first-order chi connectivity index (χ1) is 11.0. The molecular formula is C18H18ClNO3. The van der Waals surface area contributed by atoms with Gasteiger partial charge in [0.15, 0.2) is 11.5 Å². The van der Waals surface area contributed by atoms with Crippen molar-refractivity contribution in [3.8, 4) is 11.5 Å². The van der Waals surface area contributed by atoms with Crippen LogP contribution >= 0.6 is 11.6 Å². The minimum Gasteiger partial charge on any atom is -0.454 e. The minimum absolute atomic E-state index is 0.110. The third kappa shape index (κ3) is 2.86. The van der Waals surface area contributed by atoms with Gasteiger partial charge in [-0.05, 0) is 50.1 Å². The van der Waals surface area contributed by atoms with E-state index in [4.69, 9.17) is 21.1 Å². The second-order valence-corrected chi connectivity index (χ2v) is 5.94. The Hall–Kier alpha value is -2.20. The summed E-state index contributed by atoms with van der Waals surface area (Å²) >= 11 is 6.19. The van der Waals surface area contributed by atoms with Crippen LogP contribution in [0.5, 0.6) is 11.5 Å². The van der Waals surface area contributed by atoms with E-state index >= 15 is 0 Å². The number of aryl methyl sites for hydroxylation is 2. The standard InChI is InChI=1S/C18H18ClNO3/c1-4-20(15-7-11(2)5-6-12(15)3)18(21)13-8-14(19)17-16(9-13)22-10-23-17/h5-9H,4,10H2,1-3H3. The molecule has 2 aromatic carbocycles. The molecule has 0 atom stereocenters. The van der Waals surface area contributed by atoms with Gasteiger partial charge < -0.3 is 14.4 Å². The SMILES string of the molecule is CCN(C(=O)c1cc(Cl)c2c(c1)OCO2)c1cc(C)ccc1C. The van der Waals surface area contributed by atoms with Crippen LogP contribution in [0.1, 0.15) is 28.4 Å². The van der Waals surface area contributed by atoms with Crippen LogP contribution in [0, 0.1) is 13.8 Å². The lowest BCUT2D eigenvalue weighted by Gasteiger charge is -2.24. The molecule has 4 nitrogen and oxygen atoms in total. The summed E-state index contributed by atoms with van der Waals surface area (Å²) in [4.78, 5) is 14.7. The number of carbonyl (C=O) groups excluding carboxylic acids is 1. The Kier molecular flexibility index (Phi) is 4.18. The number of rotatable bonds is 3. The van der Waals surface area contributed by atoms with Gasteiger partial charge in [0, 0.05) is 17.8 Å². The number of anilines is 1. The lowest BCUT2D eigenvalue weighted by atomic mass is 10.1. The van der Waals surface area contributed by atoms with Gasteiger partial charge in [0.25, 0.3) is 5.91 Å². The third-order valence-electron chi connectivity index (χ3n) is 3.89. The molecular weight excluding hydrogens is 314 g/mol. The summed E-state index contributed by atoms with van der Waals surface area (Å²) in [5.74, 6) is 0.900. The topological polar surface area (TPSA) is 38.8 Å². The molecule has 0 saturated carbocycles. The fraction of sp³-hybridized carbons (Fsp3) is 0.278. The number of hydrogen-bond acceptors (Lipinski definition) is 3. The highest BCUT2D eigenvalue weighted by atomic mass is 35.5. The molecule has 0 unspecified atom stereocenters. The van der Waals surface area contributed by atoms with Crippen LogP contribution in [0.25, 0.3) is 0 Å². The quantitative estimate of drug-likeness (QED) is 0.839. The van der Waals surface area contributed by atoms with Gasteiger partial charge in [0.1, 0.15) is 0 Å². The van der Waals surface area contributed by atoms with Crippen molar-refractivity contribution in [2.45, 2.75) is 20.8 Å². The van der Waals surface area contributed by atoms with Gasteiger partial charge in [0.2, 0.25) is 6.79 Å². The zero-order valence-corrected chi connectivity index (χ0v) is 14.1. The third-order valence-corrected chi connectivity index (χ3v) is 4.17. The Balaban J connectivity index is 2.01. The van der Waals surface area contributed by atoms with Crippen LogP contribution in [0.15, 0.2) is 30.3 Å². The maximum atomic E-state index is 13.0. The van der Waals surface area contributed by atoms with Crippen molar-refractivity contribution in [2.24, 2.45) is 0 Å². The molecule has 120 valence electrons. The molecule has 23 heavy (non-hydrogen) atoms. The number of amides is 1. The predicted octanol–water partition coefficient (Wildman–Crippen LogP) is 4.35. The highest BCUT2D eigenvalue weighted by molar-refractivity contribution is 6.33. The van der Waals surface area contributed by atoms with E-state index in [-0.39, 0.29) is 12.7 Å². The summed E-state index contributed by atoms with van der Waals surface area (Å²) in [6.45, 7) is 6.65. The van der Waals surface area contributed by atoms with E-state index in [1.165, 1.54) is 0 Å². The highest BCUT2D eigenvalue weighted by Gasteiger charge is 2.24. The van der Waals surface area contributed by atoms with Gasteiger partial charge in [-0.3, -0.25) is 4.79 Å². The summed E-state index contributed by atoms with van der Waals surface area (Å²) in [5, 5.41) is 0.389. The summed E-state index contributed by atoms with van der Waals surface area (Å²) in [6, 6.07) is 9.39. The molecule has 0 radical (unpaired) electrons. The first-order valence-corrected chi connectivity index (χ1v) is 7.87. The van der Waals surface area contributed by atoms with Crippen molar-refractivity contribution in [3.63, 3.8) is 0 Å². The average molecular weight is 332 g/mol. The Morgan fingerprint density at radius 2 is 2.00 bits per heavy atom. The molecule has 1 aliphatic heterocycles. The van der Waals surface area contributed by atoms with E-state index < -0.39 is 0 Å². The first kappa shape index (κ1) is 15.7. The van der Waals surface area contributed by atoms with Crippen molar-refractivity contribution in [2.75, 3.05) is 18.2 Å². The molecule has 5 heteroatoms. The molecule has 0 bridgehead atoms. The number of benzene rings is 2. The zero-order valence-electron chi connectivity index (χ0n) is 13.4. The molecule has 1 amide bonds. The summed E-state index contributed by atoms with van der Waals surface area (Å²) < 4.78 is 10.6. The van der Waals surface area contributed by atoms with E-state index in [2.05, 4.69) is 0 Å². The summed E-state index contributed by atoms with van der Waals surface area (Å²) in [7, 11) is 0. The zero-order chi connectivity index (χ0) is 16.6. The molecule has 0 aromatic heterocycles. The van der Waals surface area contributed by atoms with E-state index in [0.717, 1.165) is 16.8 Å². The largest absolute Gasteiger partial charge is 0.454 e. The van der Waals surface area contributed by atoms with Crippen LogP contribution in [-0.4, -0.2) is 19.2 Å². The molecule has 0 saturated heterocycles. The van der Waals surface area contributed by atoms with Crippen LogP contribution in [0.2, 0.25) is 5.02 Å². The lowest BCUT2D eigenvalue weighted by Crippen LogP contribution is -2.31. The van der Waals surface area contributed by atoms with Crippen LogP contribution in [-0.2, 0) is 0 Å². The van der Waals surface area contributed by atoms with Gasteiger partial charge in [0.05, 0.1) is 5.02 Å². The molecule has 0 fully saturated rings. The summed E-state index contributed by atoms with van der Waals surface area (Å²) in [6.07, 6.45) is 0. The van der Waals surface area contributed by atoms with E-state index in [1.807, 2.05) is 39.0 Å². The molecule has 0 N–H and O–H groups in total. The fourth-order valence-corrected chi connectivity index (χ4v) is 2.95. The van der Waals surface area contributed by atoms with Crippen LogP contribution in [0.4, 0.5) is 5.69 Å². The smallest absolute Gasteiger partial charge is 0.258 e. The van der Waals surface area contributed by atoms with Crippen molar-refractivity contribution < 1.29 is 14.3 Å². The molecule has 1 heterocycles. The summed E-state index contributed by atoms with van der Waals surface area (Å²) in [5.41, 5.74) is 3.56. The van der Waals surface area contributed by atoms with Crippen molar-refractivity contribution >= 4 is 23.2 Å². The monoisotopic (exact) mass is 331 g/mol. The van der Waals surface area contributed by atoms with Gasteiger partial charge >= 0.3 is 0 Å². The van der Waals surface area contributed by atoms with Crippen molar-refractivity contribution in [3.05, 3.63) is 52.0 Å². The normalized spacial score (nSPS) is 12.3. The number of fused-ring (bicyclic) bond motifs is 1. The minimum atomic E-state index is -0.110. The Morgan fingerprint density at radius 1 is 1.22 bits per heavy atom. The molecule has 3 rings (SSSR count). The van der Waals surface area contributed by atoms with Crippen LogP contribution in [0.3, 0.4) is 0 Å². The predicted molar refractivity (Wildman–Crippen MR) is 90.8 cm³/mol. The number of halogens is 1. The Bertz CT molecular complexity index is 773. The van der Waals surface area contributed by atoms with Gasteiger partial charge in [-0.15, -0.1) is 0 Å². The van der Waals surface area contributed by atoms with Gasteiger partial charge in [-0.2, -0.15) is 0 Å². The fourth-order valence-electron chi connectivity index (χ4n) is 2.68. The maximum absolute atomic E-state index is 13.0. The van der Waals surface area contributed by atoms with E-state index in [9.17, 15) is 4.79 Å². The second-order valence-electron chi connectivity index (χ2n) is 5.53. The lowest BCUT2D eigenvalue weighted by molar-refractivity contribution is 0.0987. The second kappa shape index (κ2) is 6.13. The highest BCUT2D eigenvalue weighted by Crippen LogP contribution is 2.40. The van der Waals surface area contributed by atoms with E-state index in [1.54, 1.807) is 17.0 Å². The number of carbonyl (C=O) groups is 1. The van der Waals surface area contributed by atoms with Gasteiger partial charge in [-0.25, -0.2) is 0 Å². The van der Waals surface area contributed by atoms with Crippen molar-refractivity contribution in [1.82, 2.24) is 0 Å².